The summed E-state index contributed by atoms with van der Waals surface area (Å²) in [7, 11) is -1.89. The lowest BCUT2D eigenvalue weighted by Crippen LogP contribution is -2.46. The maximum absolute atomic E-state index is 13.0. The highest BCUT2D eigenvalue weighted by atomic mass is 28.4. The van der Waals surface area contributed by atoms with Gasteiger partial charge in [-0.25, -0.2) is 14.7 Å². The summed E-state index contributed by atoms with van der Waals surface area (Å²) in [5, 5.41) is 1.54. The fraction of sp³-hybridized carbons (Fsp3) is 0.857. The van der Waals surface area contributed by atoms with E-state index >= 15 is 0 Å². The van der Waals surface area contributed by atoms with Gasteiger partial charge in [0.25, 0.3) is 0 Å². The minimum absolute atomic E-state index is 0.0605. The lowest BCUT2D eigenvalue weighted by Gasteiger charge is -2.34. The highest BCUT2D eigenvalue weighted by Crippen LogP contribution is 2.33. The zero-order valence-corrected chi connectivity index (χ0v) is 20.3. The van der Waals surface area contributed by atoms with Crippen LogP contribution in [0, 0.1) is 5.92 Å². The van der Waals surface area contributed by atoms with Crippen molar-refractivity contribution in [2.75, 3.05) is 19.6 Å². The van der Waals surface area contributed by atoms with Gasteiger partial charge in [-0.05, 0) is 72.0 Å². The monoisotopic (exact) mass is 439 g/mol. The molecule has 0 aromatic rings. The molecule has 3 amide bonds. The van der Waals surface area contributed by atoms with Gasteiger partial charge in [0.15, 0.2) is 5.78 Å². The van der Waals surface area contributed by atoms with Crippen LogP contribution in [0.25, 0.3) is 0 Å². The van der Waals surface area contributed by atoms with Crippen LogP contribution in [-0.2, 0) is 14.1 Å². The second-order valence-corrected chi connectivity index (χ2v) is 15.2. The number of carbonyl (C=O) groups excluding carboxylic acids is 3. The lowest BCUT2D eigenvalue weighted by atomic mass is 9.87. The third-order valence-electron chi connectivity index (χ3n) is 5.82. The molecule has 0 radical (unpaired) electrons. The van der Waals surface area contributed by atoms with Crippen molar-refractivity contribution in [3.05, 3.63) is 0 Å². The summed E-state index contributed by atoms with van der Waals surface area (Å²) in [6.07, 6.45) is 3.28. The van der Waals surface area contributed by atoms with Gasteiger partial charge in [0, 0.05) is 26.1 Å². The van der Waals surface area contributed by atoms with E-state index in [1.54, 1.807) is 14.9 Å². The normalized spacial score (nSPS) is 25.7. The highest BCUT2D eigenvalue weighted by molar-refractivity contribution is 6.69. The van der Waals surface area contributed by atoms with E-state index in [9.17, 15) is 14.4 Å². The average molecular weight is 440 g/mol. The molecule has 2 atom stereocenters. The molecule has 170 valence electrons. The summed E-state index contributed by atoms with van der Waals surface area (Å²) < 4.78 is 11.4. The van der Waals surface area contributed by atoms with Gasteiger partial charge in [-0.1, -0.05) is 0 Å². The molecule has 30 heavy (non-hydrogen) atoms. The number of nitrogens with zero attached hydrogens (tertiary/aromatic N) is 3. The third-order valence-corrected chi connectivity index (χ3v) is 6.57. The number of ketones is 1. The average Bonchev–Trinajstić information content (AvgIpc) is 2.84. The topological polar surface area (TPSA) is 79.4 Å². The summed E-state index contributed by atoms with van der Waals surface area (Å²) in [4.78, 5) is 41.6. The van der Waals surface area contributed by atoms with Crippen LogP contribution in [0.2, 0.25) is 19.6 Å². The molecule has 2 bridgehead atoms. The van der Waals surface area contributed by atoms with E-state index in [4.69, 9.17) is 9.26 Å². The van der Waals surface area contributed by atoms with Gasteiger partial charge in [-0.2, -0.15) is 0 Å². The van der Waals surface area contributed by atoms with Gasteiger partial charge in [-0.3, -0.25) is 4.79 Å². The fourth-order valence-electron chi connectivity index (χ4n) is 4.45. The van der Waals surface area contributed by atoms with Crippen LogP contribution in [-0.4, -0.2) is 78.4 Å². The van der Waals surface area contributed by atoms with Gasteiger partial charge in [0.2, 0.25) is 8.32 Å². The lowest BCUT2D eigenvalue weighted by molar-refractivity contribution is -0.125. The van der Waals surface area contributed by atoms with E-state index < -0.39 is 13.9 Å². The highest BCUT2D eigenvalue weighted by Gasteiger charge is 2.48. The van der Waals surface area contributed by atoms with Crippen LogP contribution in [0.3, 0.4) is 0 Å². The Morgan fingerprint density at radius 1 is 1.07 bits per heavy atom. The van der Waals surface area contributed by atoms with Crippen molar-refractivity contribution < 1.29 is 23.6 Å². The summed E-state index contributed by atoms with van der Waals surface area (Å²) in [6, 6.07) is -0.434. The molecule has 0 spiro atoms. The van der Waals surface area contributed by atoms with Gasteiger partial charge in [-0.15, -0.1) is 0 Å². The predicted octanol–water partition coefficient (Wildman–Crippen LogP) is 3.63. The molecule has 8 nitrogen and oxygen atoms in total. The number of amides is 3. The van der Waals surface area contributed by atoms with Crippen molar-refractivity contribution in [3.63, 3.8) is 0 Å². The Hall–Kier alpha value is -1.61. The first-order valence-corrected chi connectivity index (χ1v) is 14.5. The molecular formula is C21H37N3O5Si. The Balaban J connectivity index is 1.51. The molecule has 0 aliphatic carbocycles. The maximum Gasteiger partial charge on any atom is 0.410 e. The number of rotatable bonds is 5. The van der Waals surface area contributed by atoms with Crippen molar-refractivity contribution in [1.29, 1.82) is 0 Å². The molecule has 3 aliphatic rings. The van der Waals surface area contributed by atoms with Gasteiger partial charge >= 0.3 is 12.1 Å². The molecule has 0 unspecified atom stereocenters. The van der Waals surface area contributed by atoms with Crippen molar-refractivity contribution in [1.82, 2.24) is 14.9 Å². The number of hydrogen-bond acceptors (Lipinski definition) is 5. The van der Waals surface area contributed by atoms with Crippen LogP contribution in [0.5, 0.6) is 0 Å². The van der Waals surface area contributed by atoms with E-state index in [-0.39, 0.29) is 35.9 Å². The summed E-state index contributed by atoms with van der Waals surface area (Å²) in [5.74, 6) is 0.397. The first kappa shape index (κ1) is 23.1. The summed E-state index contributed by atoms with van der Waals surface area (Å²) >= 11 is 0. The van der Waals surface area contributed by atoms with Crippen LogP contribution in [0.1, 0.15) is 52.9 Å². The van der Waals surface area contributed by atoms with E-state index in [0.717, 1.165) is 19.3 Å². The number of likely N-dealkylation sites (tertiary alicyclic amines) is 1. The Morgan fingerprint density at radius 2 is 1.70 bits per heavy atom. The Bertz CT molecular complexity index is 679. The largest absolute Gasteiger partial charge is 0.444 e. The minimum Gasteiger partial charge on any atom is -0.444 e. The van der Waals surface area contributed by atoms with E-state index in [1.807, 2.05) is 20.8 Å². The molecule has 0 aromatic heterocycles. The maximum atomic E-state index is 13.0. The SMILES string of the molecule is CC(C)(C)OC(=O)N1CCC(CC(=O)[C@@H]2CC[C@@H]3CN2C(=O)N3O[Si](C)(C)C)CC1. The predicted molar refractivity (Wildman–Crippen MR) is 115 cm³/mol. The number of piperidine rings is 2. The van der Waals surface area contributed by atoms with Crippen LogP contribution < -0.4 is 0 Å². The Labute approximate surface area is 180 Å². The second-order valence-electron chi connectivity index (χ2n) is 10.8. The molecule has 3 aliphatic heterocycles. The van der Waals surface area contributed by atoms with Gasteiger partial charge in [0.05, 0.1) is 12.1 Å². The number of hydrogen-bond donors (Lipinski definition) is 0. The number of ether oxygens (including phenoxy) is 1. The number of carbonyl (C=O) groups is 3. The Kier molecular flexibility index (Phi) is 6.53. The van der Waals surface area contributed by atoms with E-state index in [2.05, 4.69) is 19.6 Å². The first-order valence-electron chi connectivity index (χ1n) is 11.1. The molecule has 3 fully saturated rings. The van der Waals surface area contributed by atoms with Crippen LogP contribution >= 0.6 is 0 Å². The molecule has 0 aromatic carbocycles. The van der Waals surface area contributed by atoms with Crippen LogP contribution in [0.4, 0.5) is 9.59 Å². The quantitative estimate of drug-likeness (QED) is 0.611. The van der Waals surface area contributed by atoms with Crippen molar-refractivity contribution in [2.45, 2.75) is 90.2 Å². The molecule has 0 N–H and O–H groups in total. The molecule has 3 saturated heterocycles. The first-order chi connectivity index (χ1) is 13.8. The number of urea groups is 1. The smallest absolute Gasteiger partial charge is 0.410 e. The fourth-order valence-corrected chi connectivity index (χ4v) is 5.26. The van der Waals surface area contributed by atoms with Crippen molar-refractivity contribution in [3.8, 4) is 0 Å². The number of fused-ring (bicyclic) bond motifs is 2. The molecule has 3 heterocycles. The van der Waals surface area contributed by atoms with Crippen molar-refractivity contribution in [2.24, 2.45) is 5.92 Å². The third kappa shape index (κ3) is 5.54. The van der Waals surface area contributed by atoms with Gasteiger partial charge in [0.1, 0.15) is 5.60 Å². The number of Topliss-reactive ketones (excluding diaryl/α,β-unsaturated/α-hetero) is 1. The standard InChI is InChI=1S/C21H37N3O5Si/c1-21(2,3)28-20(27)22-11-9-15(10-12-22)13-18(25)17-8-7-16-14-23(17)19(26)24(16)29-30(4,5)6/h15-17H,7-14H2,1-6H3/t16-,17+/m1/s1. The summed E-state index contributed by atoms with van der Waals surface area (Å²) in [6.45, 7) is 13.6. The molecule has 9 heteroatoms. The minimum atomic E-state index is -1.89. The van der Waals surface area contributed by atoms with E-state index in [1.165, 1.54) is 0 Å². The Morgan fingerprint density at radius 3 is 2.27 bits per heavy atom. The molecular weight excluding hydrogens is 402 g/mol. The zero-order chi connectivity index (χ0) is 22.3. The van der Waals surface area contributed by atoms with Crippen molar-refractivity contribution >= 4 is 26.2 Å². The summed E-state index contributed by atoms with van der Waals surface area (Å²) in [5.41, 5.74) is -0.502. The van der Waals surface area contributed by atoms with E-state index in [0.29, 0.717) is 32.5 Å². The number of hydroxylamine groups is 2. The van der Waals surface area contributed by atoms with Crippen LogP contribution in [0.15, 0.2) is 0 Å². The molecule has 3 rings (SSSR count). The second kappa shape index (κ2) is 8.49. The zero-order valence-electron chi connectivity index (χ0n) is 19.3. The van der Waals surface area contributed by atoms with Gasteiger partial charge < -0.3 is 19.1 Å². The molecule has 0 saturated carbocycles.